The second kappa shape index (κ2) is 11.1. The largest absolute Gasteiger partial charge is 0.381 e. The fourth-order valence-electron chi connectivity index (χ4n) is 4.37. The number of carbonyl (C=O) groups is 2. The number of sulfone groups is 1. The van der Waals surface area contributed by atoms with E-state index in [0.29, 0.717) is 31.1 Å². The number of fused-ring (bicyclic) bond motifs is 1. The van der Waals surface area contributed by atoms with E-state index < -0.39 is 49.9 Å². The van der Waals surface area contributed by atoms with Crippen LogP contribution in [-0.2, 0) is 25.9 Å². The molecule has 1 amide bonds. The Morgan fingerprint density at radius 3 is 2.43 bits per heavy atom. The molecule has 2 aliphatic rings. The van der Waals surface area contributed by atoms with Crippen molar-refractivity contribution >= 4 is 39.6 Å². The van der Waals surface area contributed by atoms with Crippen LogP contribution in [0.5, 0.6) is 0 Å². The third kappa shape index (κ3) is 6.06. The molecule has 0 aromatic heterocycles. The van der Waals surface area contributed by atoms with Gasteiger partial charge < -0.3 is 15.4 Å². The van der Waals surface area contributed by atoms with Crippen molar-refractivity contribution in [2.24, 2.45) is 11.7 Å². The zero-order chi connectivity index (χ0) is 24.5. The van der Waals surface area contributed by atoms with Crippen molar-refractivity contribution < 1.29 is 31.5 Å². The first kappa shape index (κ1) is 27.2. The Morgan fingerprint density at radius 2 is 1.77 bits per heavy atom. The average Bonchev–Trinajstić information content (AvgIpc) is 2.87. The highest BCUT2D eigenvalue weighted by molar-refractivity contribution is 7.91. The topological polar surface area (TPSA) is 107 Å². The van der Waals surface area contributed by atoms with E-state index in [2.05, 4.69) is 0 Å². The van der Waals surface area contributed by atoms with E-state index in [9.17, 15) is 26.8 Å². The molecular weight excluding hydrogens is 502 g/mol. The molecule has 2 aromatic carbocycles. The van der Waals surface area contributed by atoms with Gasteiger partial charge in [-0.15, -0.1) is 12.4 Å². The fraction of sp³-hybridized carbons (Fsp3) is 0.417. The van der Waals surface area contributed by atoms with Gasteiger partial charge in [-0.25, -0.2) is 17.2 Å². The van der Waals surface area contributed by atoms with Gasteiger partial charge in [0, 0.05) is 19.6 Å². The van der Waals surface area contributed by atoms with E-state index in [1.165, 1.54) is 24.3 Å². The highest BCUT2D eigenvalue weighted by Crippen LogP contribution is 2.34. The highest BCUT2D eigenvalue weighted by atomic mass is 35.5. The minimum absolute atomic E-state index is 0. The lowest BCUT2D eigenvalue weighted by Gasteiger charge is -2.25. The van der Waals surface area contributed by atoms with Crippen LogP contribution in [0.2, 0.25) is 0 Å². The average molecular weight is 529 g/mol. The molecule has 0 bridgehead atoms. The van der Waals surface area contributed by atoms with E-state index in [1.54, 1.807) is 0 Å². The number of halogens is 3. The second-order valence-corrected chi connectivity index (χ2v) is 10.8. The van der Waals surface area contributed by atoms with E-state index >= 15 is 0 Å². The molecule has 190 valence electrons. The molecule has 7 nitrogen and oxygen atoms in total. The number of rotatable bonds is 6. The molecule has 0 aliphatic carbocycles. The third-order valence-electron chi connectivity index (χ3n) is 6.33. The molecule has 11 heteroatoms. The Labute approximate surface area is 209 Å². The van der Waals surface area contributed by atoms with Gasteiger partial charge in [-0.1, -0.05) is 12.1 Å². The van der Waals surface area contributed by atoms with Crippen LogP contribution in [0.25, 0.3) is 0 Å². The van der Waals surface area contributed by atoms with E-state index in [0.717, 1.165) is 29.9 Å². The van der Waals surface area contributed by atoms with Crippen molar-refractivity contribution in [3.63, 3.8) is 0 Å². The summed E-state index contributed by atoms with van der Waals surface area (Å²) in [5.74, 6) is -2.95. The second-order valence-electron chi connectivity index (χ2n) is 8.76. The summed E-state index contributed by atoms with van der Waals surface area (Å²) in [5.41, 5.74) is 6.01. The SMILES string of the molecule is Cl.N[C@H]1CS(=O)(=O)c2cc(F)c(C(=O)CCC3CCOCC3)cc2N(Cc2ccc(F)cc2)C1=O. The maximum Gasteiger partial charge on any atom is 0.245 e. The van der Waals surface area contributed by atoms with Crippen LogP contribution in [0.4, 0.5) is 14.5 Å². The first-order valence-electron chi connectivity index (χ1n) is 11.1. The number of nitrogens with two attached hydrogens (primary N) is 1. The Kier molecular flexibility index (Phi) is 8.63. The normalized spacial score (nSPS) is 20.0. The first-order chi connectivity index (χ1) is 16.2. The highest BCUT2D eigenvalue weighted by Gasteiger charge is 2.37. The molecule has 1 saturated heterocycles. The van der Waals surface area contributed by atoms with Crippen LogP contribution < -0.4 is 10.6 Å². The van der Waals surface area contributed by atoms with Crippen LogP contribution in [-0.4, -0.2) is 45.1 Å². The third-order valence-corrected chi connectivity index (χ3v) is 8.13. The summed E-state index contributed by atoms with van der Waals surface area (Å²) in [6.07, 6.45) is 2.32. The molecule has 2 N–H and O–H groups in total. The Bertz CT molecular complexity index is 1200. The van der Waals surface area contributed by atoms with E-state index in [1.807, 2.05) is 0 Å². The summed E-state index contributed by atoms with van der Waals surface area (Å²) >= 11 is 0. The molecule has 0 radical (unpaired) electrons. The fourth-order valence-corrected chi connectivity index (χ4v) is 5.94. The predicted octanol–water partition coefficient (Wildman–Crippen LogP) is 3.42. The number of hydrogen-bond acceptors (Lipinski definition) is 6. The minimum Gasteiger partial charge on any atom is -0.381 e. The van der Waals surface area contributed by atoms with Gasteiger partial charge in [-0.05, 0) is 55.0 Å². The quantitative estimate of drug-likeness (QED) is 0.576. The lowest BCUT2D eigenvalue weighted by Crippen LogP contribution is -2.45. The van der Waals surface area contributed by atoms with Crippen LogP contribution in [0.15, 0.2) is 41.3 Å². The van der Waals surface area contributed by atoms with Crippen molar-refractivity contribution in [1.29, 1.82) is 0 Å². The van der Waals surface area contributed by atoms with E-state index in [4.69, 9.17) is 10.5 Å². The van der Waals surface area contributed by atoms with Crippen LogP contribution in [0.1, 0.15) is 41.6 Å². The van der Waals surface area contributed by atoms with Crippen molar-refractivity contribution in [2.45, 2.75) is 43.2 Å². The van der Waals surface area contributed by atoms with Crippen molar-refractivity contribution in [3.8, 4) is 0 Å². The molecule has 0 spiro atoms. The monoisotopic (exact) mass is 528 g/mol. The molecule has 0 unspecified atom stereocenters. The van der Waals surface area contributed by atoms with Crippen LogP contribution >= 0.6 is 12.4 Å². The Balaban J connectivity index is 0.00000342. The number of benzene rings is 2. The summed E-state index contributed by atoms with van der Waals surface area (Å²) in [5, 5.41) is 0. The summed E-state index contributed by atoms with van der Waals surface area (Å²) in [6, 6.07) is 5.90. The number of carbonyl (C=O) groups excluding carboxylic acids is 2. The van der Waals surface area contributed by atoms with Gasteiger partial charge in [-0.3, -0.25) is 9.59 Å². The minimum atomic E-state index is -4.10. The maximum absolute atomic E-state index is 15.0. The summed E-state index contributed by atoms with van der Waals surface area (Å²) in [4.78, 5) is 26.7. The lowest BCUT2D eigenvalue weighted by atomic mass is 9.92. The zero-order valence-electron chi connectivity index (χ0n) is 18.9. The van der Waals surface area contributed by atoms with Gasteiger partial charge in [-0.2, -0.15) is 0 Å². The van der Waals surface area contributed by atoms with Gasteiger partial charge in [0.25, 0.3) is 0 Å². The zero-order valence-corrected chi connectivity index (χ0v) is 20.5. The molecule has 2 aromatic rings. The molecule has 1 atom stereocenters. The number of ether oxygens (including phenoxy) is 1. The first-order valence-corrected chi connectivity index (χ1v) is 12.8. The summed E-state index contributed by atoms with van der Waals surface area (Å²) < 4.78 is 59.4. The Morgan fingerprint density at radius 1 is 1.11 bits per heavy atom. The molecule has 2 heterocycles. The standard InChI is InChI=1S/C24H26F2N2O5S.ClH/c25-17-4-1-16(2-5-17)13-28-21-11-18(22(29)6-3-15-7-9-33-10-8-15)19(26)12-23(21)34(31,32)14-20(27)24(28)30;/h1-2,4-5,11-12,15,20H,3,6-10,13-14,27H2;1H/t20-;/m0./s1. The predicted molar refractivity (Wildman–Crippen MR) is 128 cm³/mol. The van der Waals surface area contributed by atoms with Crippen molar-refractivity contribution in [3.05, 3.63) is 59.2 Å². The molecule has 2 aliphatic heterocycles. The summed E-state index contributed by atoms with van der Waals surface area (Å²) in [6.45, 7) is 1.14. The Hall–Kier alpha value is -2.40. The lowest BCUT2D eigenvalue weighted by molar-refractivity contribution is -0.119. The van der Waals surface area contributed by atoms with Gasteiger partial charge >= 0.3 is 0 Å². The number of anilines is 1. The van der Waals surface area contributed by atoms with Gasteiger partial charge in [0.2, 0.25) is 5.91 Å². The van der Waals surface area contributed by atoms with Crippen LogP contribution in [0.3, 0.4) is 0 Å². The summed E-state index contributed by atoms with van der Waals surface area (Å²) in [7, 11) is -4.10. The van der Waals surface area contributed by atoms with E-state index in [-0.39, 0.29) is 36.6 Å². The molecule has 1 fully saturated rings. The van der Waals surface area contributed by atoms with Gasteiger partial charge in [0.1, 0.15) is 11.6 Å². The molecule has 35 heavy (non-hydrogen) atoms. The molecule has 4 rings (SSSR count). The van der Waals surface area contributed by atoms with Gasteiger partial charge in [0.15, 0.2) is 15.6 Å². The van der Waals surface area contributed by atoms with Crippen LogP contribution in [0, 0.1) is 17.6 Å². The number of nitrogens with zero attached hydrogens (tertiary/aromatic N) is 1. The number of amides is 1. The number of hydrogen-bond donors (Lipinski definition) is 1. The molecular formula is C24H27ClF2N2O5S. The maximum atomic E-state index is 15.0. The smallest absolute Gasteiger partial charge is 0.245 e. The number of ketones is 1. The van der Waals surface area contributed by atoms with Crippen molar-refractivity contribution in [1.82, 2.24) is 0 Å². The molecule has 0 saturated carbocycles. The van der Waals surface area contributed by atoms with Crippen molar-refractivity contribution in [2.75, 3.05) is 23.9 Å². The van der Waals surface area contributed by atoms with Gasteiger partial charge in [0.05, 0.1) is 34.5 Å². The number of Topliss-reactive ketones (excluding diaryl/α,β-unsaturated/α-hetero) is 1.